The number of hydrogen-bond donors (Lipinski definition) is 3. The molecule has 0 unspecified atom stereocenters. The van der Waals surface area contributed by atoms with Gasteiger partial charge in [-0.25, -0.2) is 0 Å². The van der Waals surface area contributed by atoms with Crippen molar-refractivity contribution in [2.24, 2.45) is 28.8 Å². The van der Waals surface area contributed by atoms with Crippen LogP contribution in [0.4, 0.5) is 0 Å². The van der Waals surface area contributed by atoms with Crippen LogP contribution in [-0.4, -0.2) is 125 Å². The highest BCUT2D eigenvalue weighted by Crippen LogP contribution is 2.41. The topological polar surface area (TPSA) is 166 Å². The fourth-order valence-corrected chi connectivity index (χ4v) is 7.85. The average Bonchev–Trinajstić information content (AvgIpc) is 3.01. The Kier molecular flexibility index (Phi) is 13.7. The van der Waals surface area contributed by atoms with Gasteiger partial charge in [-0.15, -0.1) is 0 Å². The number of carbonyl (C=O) groups excluding carboxylic acids is 2. The first-order valence-electron chi connectivity index (χ1n) is 17.2. The predicted octanol–water partition coefficient (Wildman–Crippen LogP) is 3.31. The molecule has 13 nitrogen and oxygen atoms in total. The first kappa shape index (κ1) is 40.3. The van der Waals surface area contributed by atoms with Gasteiger partial charge in [0.2, 0.25) is 0 Å². The number of hydrogen-bond acceptors (Lipinski definition) is 13. The lowest BCUT2D eigenvalue weighted by molar-refractivity contribution is -0.304. The second-order valence-electron chi connectivity index (χ2n) is 14.9. The van der Waals surface area contributed by atoms with Crippen LogP contribution in [0.15, 0.2) is 17.3 Å². The summed E-state index contributed by atoms with van der Waals surface area (Å²) in [5, 5.41) is 38.0. The van der Waals surface area contributed by atoms with Crippen molar-refractivity contribution >= 4 is 17.7 Å². The molecule has 0 aromatic rings. The third kappa shape index (κ3) is 8.77. The van der Waals surface area contributed by atoms with Crippen LogP contribution >= 0.6 is 0 Å². The summed E-state index contributed by atoms with van der Waals surface area (Å²) in [5.74, 6) is -4.10. The molecule has 276 valence electrons. The zero-order chi connectivity index (χ0) is 36.3. The van der Waals surface area contributed by atoms with E-state index in [1.54, 1.807) is 34.6 Å². The van der Waals surface area contributed by atoms with Gasteiger partial charge >= 0.3 is 11.9 Å². The molecule has 0 spiro atoms. The van der Waals surface area contributed by atoms with Crippen molar-refractivity contribution in [2.75, 3.05) is 27.3 Å². The molecule has 3 heterocycles. The molecule has 0 saturated carbocycles. The van der Waals surface area contributed by atoms with Crippen molar-refractivity contribution in [1.29, 1.82) is 0 Å². The van der Waals surface area contributed by atoms with E-state index in [9.17, 15) is 25.0 Å². The zero-order valence-corrected chi connectivity index (χ0v) is 30.7. The lowest BCUT2D eigenvalue weighted by Gasteiger charge is -2.49. The lowest BCUT2D eigenvalue weighted by atomic mass is 9.73. The highest BCUT2D eigenvalue weighted by atomic mass is 16.7. The predicted molar refractivity (Wildman–Crippen MR) is 177 cm³/mol. The van der Waals surface area contributed by atoms with Crippen LogP contribution in [0.2, 0.25) is 0 Å². The van der Waals surface area contributed by atoms with Gasteiger partial charge in [0.05, 0.1) is 60.9 Å². The summed E-state index contributed by atoms with van der Waals surface area (Å²) in [6, 6.07) is -0.239. The minimum Gasteiger partial charge on any atom is -0.459 e. The minimum atomic E-state index is -1.71. The standard InChI is InChI=1S/C35H60N2O11/c1-13-26-35(10,41)31-21(5)27(36-42)19(3)15-34(9,44-17-18(2)16-43-31)30(22(6)28(39)23(7)32(40)47-26)48-33-29(46-24(8)38)25(37(11)12)14-20(4)45-33/h19-23,25-26,28-31,33,39,41-42H,2,13-17H2,1,3-12H3/b36-27+/t19-,20-,21+,22-,23-,25+,26-,28+,29-,30-,31-,33+,34-,35-/m1/s1. The molecule has 0 amide bonds. The highest BCUT2D eigenvalue weighted by Gasteiger charge is 2.53. The molecule has 3 aliphatic heterocycles. The Hall–Kier alpha value is -2.13. The molecule has 3 rings (SSSR count). The number of nitrogens with zero attached hydrogens (tertiary/aromatic N) is 2. The number of ether oxygens (including phenoxy) is 6. The molecule has 3 fully saturated rings. The third-order valence-corrected chi connectivity index (χ3v) is 10.5. The van der Waals surface area contributed by atoms with E-state index in [1.807, 2.05) is 39.8 Å². The van der Waals surface area contributed by atoms with E-state index < -0.39 is 83.6 Å². The number of rotatable bonds is 5. The molecule has 13 heteroatoms. The minimum absolute atomic E-state index is 0.00109. The van der Waals surface area contributed by atoms with E-state index in [2.05, 4.69) is 11.7 Å². The molecule has 3 aliphatic rings. The maximum Gasteiger partial charge on any atom is 0.311 e. The number of aliphatic hydroxyl groups is 2. The number of likely N-dealkylation sites (N-methyl/N-ethyl adjacent to an activating group) is 1. The molecule has 14 atom stereocenters. The van der Waals surface area contributed by atoms with Crippen LogP contribution in [0.25, 0.3) is 0 Å². The summed E-state index contributed by atoms with van der Waals surface area (Å²) >= 11 is 0. The van der Waals surface area contributed by atoms with Crippen molar-refractivity contribution < 1.29 is 53.4 Å². The smallest absolute Gasteiger partial charge is 0.311 e. The maximum absolute atomic E-state index is 13.7. The van der Waals surface area contributed by atoms with Crippen LogP contribution in [0.1, 0.15) is 81.6 Å². The molecule has 2 bridgehead atoms. The third-order valence-electron chi connectivity index (χ3n) is 10.5. The van der Waals surface area contributed by atoms with Crippen LogP contribution in [0.3, 0.4) is 0 Å². The van der Waals surface area contributed by atoms with Crippen molar-refractivity contribution in [2.45, 2.75) is 142 Å². The molecule has 3 saturated heterocycles. The van der Waals surface area contributed by atoms with E-state index in [0.717, 1.165) is 0 Å². The second-order valence-corrected chi connectivity index (χ2v) is 14.9. The number of oxime groups is 1. The van der Waals surface area contributed by atoms with Gasteiger partial charge in [-0.1, -0.05) is 39.4 Å². The second kappa shape index (κ2) is 16.3. The number of carbonyl (C=O) groups is 2. The van der Waals surface area contributed by atoms with Crippen molar-refractivity contribution in [3.8, 4) is 0 Å². The normalized spacial score (nSPS) is 44.8. The van der Waals surface area contributed by atoms with Crippen LogP contribution < -0.4 is 0 Å². The summed E-state index contributed by atoms with van der Waals surface area (Å²) in [6.07, 6.45) is -5.31. The summed E-state index contributed by atoms with van der Waals surface area (Å²) in [5.41, 5.74) is -2.03. The molecule has 3 N–H and O–H groups in total. The fourth-order valence-electron chi connectivity index (χ4n) is 7.85. The quantitative estimate of drug-likeness (QED) is 0.168. The summed E-state index contributed by atoms with van der Waals surface area (Å²) in [6.45, 7) is 19.7. The monoisotopic (exact) mass is 684 g/mol. The molecule has 48 heavy (non-hydrogen) atoms. The van der Waals surface area contributed by atoms with E-state index in [-0.39, 0.29) is 38.2 Å². The number of esters is 2. The average molecular weight is 685 g/mol. The Balaban J connectivity index is 2.26. The Morgan fingerprint density at radius 1 is 1.12 bits per heavy atom. The van der Waals surface area contributed by atoms with Crippen molar-refractivity contribution in [1.82, 2.24) is 4.90 Å². The van der Waals surface area contributed by atoms with Crippen LogP contribution in [0.5, 0.6) is 0 Å². The van der Waals surface area contributed by atoms with Crippen LogP contribution in [-0.2, 0) is 38.0 Å². The Labute approximate surface area is 285 Å². The van der Waals surface area contributed by atoms with Crippen molar-refractivity contribution in [3.63, 3.8) is 0 Å². The van der Waals surface area contributed by atoms with Gasteiger partial charge in [0.25, 0.3) is 0 Å². The molecule has 0 aromatic carbocycles. The molecular weight excluding hydrogens is 624 g/mol. The van der Waals surface area contributed by atoms with Gasteiger partial charge in [-0.05, 0) is 66.6 Å². The van der Waals surface area contributed by atoms with E-state index in [4.69, 9.17) is 28.4 Å². The maximum atomic E-state index is 13.7. The molecule has 0 radical (unpaired) electrons. The fraction of sp³-hybridized carbons (Fsp3) is 0.857. The van der Waals surface area contributed by atoms with Crippen molar-refractivity contribution in [3.05, 3.63) is 12.2 Å². The first-order chi connectivity index (χ1) is 22.3. The molecule has 0 aliphatic carbocycles. The Bertz CT molecular complexity index is 1160. The SMILES string of the molecule is C=C1CO[C@@H]2[C@@H](C)/C(=N/O)[C@H](C)C[C@@](C)(OC1)[C@H](O[C@@H]1O[C@H](C)C[C@H](N(C)C)[C@H]1OC(C)=O)[C@H](C)[C@H](O)[C@@H](C)C(=O)O[C@H](CC)[C@@]2(C)O. The highest BCUT2D eigenvalue weighted by molar-refractivity contribution is 5.88. The van der Waals surface area contributed by atoms with Gasteiger partial charge in [-0.3, -0.25) is 9.59 Å². The van der Waals surface area contributed by atoms with Gasteiger partial charge in [0, 0.05) is 24.7 Å². The van der Waals surface area contributed by atoms with E-state index in [0.29, 0.717) is 17.7 Å². The Morgan fingerprint density at radius 2 is 1.77 bits per heavy atom. The zero-order valence-electron chi connectivity index (χ0n) is 30.7. The molecular formula is C35H60N2O11. The van der Waals surface area contributed by atoms with E-state index >= 15 is 0 Å². The molecule has 0 aromatic heterocycles. The summed E-state index contributed by atoms with van der Waals surface area (Å²) in [7, 11) is 3.79. The summed E-state index contributed by atoms with van der Waals surface area (Å²) in [4.78, 5) is 28.0. The van der Waals surface area contributed by atoms with Gasteiger partial charge in [0.15, 0.2) is 12.4 Å². The number of fused-ring (bicyclic) bond motifs is 5. The lowest BCUT2D eigenvalue weighted by Crippen LogP contribution is -2.61. The summed E-state index contributed by atoms with van der Waals surface area (Å²) < 4.78 is 37.9. The van der Waals surface area contributed by atoms with Gasteiger partial charge < -0.3 is 48.7 Å². The van der Waals surface area contributed by atoms with Gasteiger partial charge in [-0.2, -0.15) is 0 Å². The van der Waals surface area contributed by atoms with Gasteiger partial charge in [0.1, 0.15) is 11.7 Å². The Morgan fingerprint density at radius 3 is 2.33 bits per heavy atom. The number of aliphatic hydroxyl groups excluding tert-OH is 1. The van der Waals surface area contributed by atoms with Crippen LogP contribution in [0, 0.1) is 23.7 Å². The van der Waals surface area contributed by atoms with E-state index in [1.165, 1.54) is 6.92 Å². The number of cyclic esters (lactones) is 1. The first-order valence-corrected chi connectivity index (χ1v) is 17.2. The largest absolute Gasteiger partial charge is 0.459 e.